The minimum Gasteiger partial charge on any atom is -0.396 e. The van der Waals surface area contributed by atoms with Crippen LogP contribution in [0.3, 0.4) is 0 Å². The van der Waals surface area contributed by atoms with Crippen molar-refractivity contribution >= 4 is 12.6 Å². The zero-order valence-electron chi connectivity index (χ0n) is 13.9. The van der Waals surface area contributed by atoms with E-state index in [9.17, 15) is 5.11 Å². The van der Waals surface area contributed by atoms with Crippen molar-refractivity contribution in [1.29, 1.82) is 0 Å². The minimum absolute atomic E-state index is 0.0856. The van der Waals surface area contributed by atoms with Crippen LogP contribution in [0.2, 0.25) is 0 Å². The summed E-state index contributed by atoms with van der Waals surface area (Å²) in [6.45, 7) is 13.9. The summed E-state index contributed by atoms with van der Waals surface area (Å²) in [7, 11) is 0. The van der Waals surface area contributed by atoms with Crippen molar-refractivity contribution in [2.45, 2.75) is 78.4 Å². The third-order valence-corrected chi connectivity index (χ3v) is 4.72. The lowest BCUT2D eigenvalue weighted by atomic mass is 9.76. The largest absolute Gasteiger partial charge is 0.396 e. The van der Waals surface area contributed by atoms with E-state index < -0.39 is 0 Å². The monoisotopic (exact) mass is 288 g/mol. The summed E-state index contributed by atoms with van der Waals surface area (Å²) in [5.74, 6) is 2.42. The first kappa shape index (κ1) is 19.3. The molecule has 19 heavy (non-hydrogen) atoms. The van der Waals surface area contributed by atoms with Crippen LogP contribution >= 0.6 is 12.6 Å². The first-order valence-corrected chi connectivity index (χ1v) is 8.50. The topological polar surface area (TPSA) is 20.2 Å². The van der Waals surface area contributed by atoms with Gasteiger partial charge in [0.25, 0.3) is 0 Å². The van der Waals surface area contributed by atoms with Crippen molar-refractivity contribution in [3.63, 3.8) is 0 Å². The molecule has 0 aromatic rings. The molecule has 1 nitrogen and oxygen atoms in total. The van der Waals surface area contributed by atoms with Gasteiger partial charge in [-0.2, -0.15) is 12.6 Å². The van der Waals surface area contributed by atoms with Crippen LogP contribution in [0, 0.1) is 23.7 Å². The molecule has 0 amide bonds. The first-order chi connectivity index (χ1) is 8.72. The summed E-state index contributed by atoms with van der Waals surface area (Å²) in [6, 6.07) is 0. The summed E-state index contributed by atoms with van der Waals surface area (Å²) in [5, 5.41) is 9.32. The third-order valence-electron chi connectivity index (χ3n) is 4.18. The van der Waals surface area contributed by atoms with Crippen molar-refractivity contribution in [1.82, 2.24) is 0 Å². The fourth-order valence-corrected chi connectivity index (χ4v) is 3.72. The van der Waals surface area contributed by atoms with E-state index >= 15 is 0 Å². The summed E-state index contributed by atoms with van der Waals surface area (Å²) < 4.78 is 0.0856. The van der Waals surface area contributed by atoms with Gasteiger partial charge in [-0.3, -0.25) is 0 Å². The molecule has 0 aliphatic carbocycles. The number of hydrogen-bond donors (Lipinski definition) is 2. The van der Waals surface area contributed by atoms with E-state index in [1.54, 1.807) is 0 Å². The van der Waals surface area contributed by atoms with Crippen LogP contribution in [0.15, 0.2) is 0 Å². The summed E-state index contributed by atoms with van der Waals surface area (Å²) in [6.07, 6.45) is 6.03. The van der Waals surface area contributed by atoms with E-state index in [4.69, 9.17) is 12.6 Å². The molecule has 0 radical (unpaired) electrons. The van der Waals surface area contributed by atoms with Crippen molar-refractivity contribution < 1.29 is 5.11 Å². The Bertz CT molecular complexity index is 225. The lowest BCUT2D eigenvalue weighted by Gasteiger charge is -2.38. The quantitative estimate of drug-likeness (QED) is 0.531. The van der Waals surface area contributed by atoms with Gasteiger partial charge in [0.05, 0.1) is 0 Å². The molecule has 0 saturated heterocycles. The van der Waals surface area contributed by atoms with E-state index in [1.165, 1.54) is 25.7 Å². The van der Waals surface area contributed by atoms with Crippen molar-refractivity contribution in [3.8, 4) is 0 Å². The van der Waals surface area contributed by atoms with E-state index in [-0.39, 0.29) is 4.75 Å². The highest BCUT2D eigenvalue weighted by atomic mass is 32.1. The SMILES string of the molecule is CCCC(C)CC(C)(S)C(CC(C)C)CC(C)CO. The normalized spacial score (nSPS) is 20.1. The van der Waals surface area contributed by atoms with Gasteiger partial charge in [0.15, 0.2) is 0 Å². The van der Waals surface area contributed by atoms with E-state index in [1.807, 2.05) is 0 Å². The average Bonchev–Trinajstić information content (AvgIpc) is 2.26. The van der Waals surface area contributed by atoms with Crippen LogP contribution in [-0.2, 0) is 0 Å². The summed E-state index contributed by atoms with van der Waals surface area (Å²) in [4.78, 5) is 0. The van der Waals surface area contributed by atoms with E-state index in [0.29, 0.717) is 24.4 Å². The molecular formula is C17H36OS. The number of aliphatic hydroxyl groups excluding tert-OH is 1. The molecule has 0 aliphatic heterocycles. The Morgan fingerprint density at radius 1 is 1.05 bits per heavy atom. The Morgan fingerprint density at radius 3 is 2.05 bits per heavy atom. The van der Waals surface area contributed by atoms with Gasteiger partial charge in [-0.1, -0.05) is 54.4 Å². The van der Waals surface area contributed by atoms with Crippen LogP contribution < -0.4 is 0 Å². The second kappa shape index (κ2) is 9.28. The van der Waals surface area contributed by atoms with E-state index in [0.717, 1.165) is 12.3 Å². The van der Waals surface area contributed by atoms with Crippen molar-refractivity contribution in [3.05, 3.63) is 0 Å². The molecule has 116 valence electrons. The Balaban J connectivity index is 4.68. The predicted octanol–water partition coefficient (Wildman–Crippen LogP) is 5.18. The second-order valence-electron chi connectivity index (χ2n) is 7.31. The van der Waals surface area contributed by atoms with Crippen molar-refractivity contribution in [2.24, 2.45) is 23.7 Å². The third kappa shape index (κ3) is 8.24. The van der Waals surface area contributed by atoms with Gasteiger partial charge in [0.2, 0.25) is 0 Å². The highest BCUT2D eigenvalue weighted by Gasteiger charge is 2.33. The maximum atomic E-state index is 9.32. The summed E-state index contributed by atoms with van der Waals surface area (Å²) >= 11 is 5.02. The van der Waals surface area contributed by atoms with Crippen LogP contribution in [0.5, 0.6) is 0 Å². The van der Waals surface area contributed by atoms with E-state index in [2.05, 4.69) is 41.5 Å². The zero-order chi connectivity index (χ0) is 15.1. The number of hydrogen-bond acceptors (Lipinski definition) is 2. The highest BCUT2D eigenvalue weighted by molar-refractivity contribution is 7.81. The second-order valence-corrected chi connectivity index (χ2v) is 8.33. The number of aliphatic hydroxyl groups is 1. The summed E-state index contributed by atoms with van der Waals surface area (Å²) in [5.41, 5.74) is 0. The molecule has 0 heterocycles. The fourth-order valence-electron chi connectivity index (χ4n) is 3.20. The zero-order valence-corrected chi connectivity index (χ0v) is 14.8. The van der Waals surface area contributed by atoms with Gasteiger partial charge >= 0.3 is 0 Å². The van der Waals surface area contributed by atoms with Crippen LogP contribution in [-0.4, -0.2) is 16.5 Å². The van der Waals surface area contributed by atoms with Gasteiger partial charge in [0.1, 0.15) is 0 Å². The van der Waals surface area contributed by atoms with Crippen LogP contribution in [0.4, 0.5) is 0 Å². The smallest absolute Gasteiger partial charge is 0.0456 e. The molecule has 0 aromatic carbocycles. The van der Waals surface area contributed by atoms with Gasteiger partial charge < -0.3 is 5.11 Å². The Morgan fingerprint density at radius 2 is 1.63 bits per heavy atom. The molecule has 2 heteroatoms. The molecule has 4 unspecified atom stereocenters. The molecule has 1 N–H and O–H groups in total. The number of thiol groups is 1. The standard InChI is InChI=1S/C17H36OS/c1-7-8-14(4)11-17(6,19)16(9-13(2)3)10-15(5)12-18/h13-16,18-19H,7-12H2,1-6H3. The van der Waals surface area contributed by atoms with Gasteiger partial charge in [-0.15, -0.1) is 0 Å². The lowest BCUT2D eigenvalue weighted by molar-refractivity contribution is 0.181. The van der Waals surface area contributed by atoms with Gasteiger partial charge in [0, 0.05) is 11.4 Å². The molecule has 0 aliphatic rings. The molecule has 0 spiro atoms. The van der Waals surface area contributed by atoms with Gasteiger partial charge in [-0.25, -0.2) is 0 Å². The molecule has 4 atom stereocenters. The average molecular weight is 289 g/mol. The Hall–Kier alpha value is 0.310. The minimum atomic E-state index is 0.0856. The maximum Gasteiger partial charge on any atom is 0.0456 e. The van der Waals surface area contributed by atoms with Crippen LogP contribution in [0.1, 0.15) is 73.6 Å². The lowest BCUT2D eigenvalue weighted by Crippen LogP contribution is -2.33. The molecule has 0 rings (SSSR count). The molecule has 0 aromatic heterocycles. The first-order valence-electron chi connectivity index (χ1n) is 8.06. The highest BCUT2D eigenvalue weighted by Crippen LogP contribution is 2.39. The van der Waals surface area contributed by atoms with Crippen molar-refractivity contribution in [2.75, 3.05) is 6.61 Å². The number of rotatable bonds is 10. The van der Waals surface area contributed by atoms with Crippen LogP contribution in [0.25, 0.3) is 0 Å². The maximum absolute atomic E-state index is 9.32. The molecular weight excluding hydrogens is 252 g/mol. The Labute approximate surface area is 127 Å². The predicted molar refractivity (Wildman–Crippen MR) is 89.9 cm³/mol. The Kier molecular flexibility index (Phi) is 9.43. The fraction of sp³-hybridized carbons (Fsp3) is 1.00. The molecule has 0 bridgehead atoms. The molecule has 0 fully saturated rings. The molecule has 0 saturated carbocycles. The van der Waals surface area contributed by atoms with Gasteiger partial charge in [-0.05, 0) is 42.9 Å².